The zero-order valence-electron chi connectivity index (χ0n) is 10.4. The van der Waals surface area contributed by atoms with Crippen LogP contribution in [0.4, 0.5) is 0 Å². The quantitative estimate of drug-likeness (QED) is 0.590. The van der Waals surface area contributed by atoms with Crippen LogP contribution in [0.15, 0.2) is 0 Å². The van der Waals surface area contributed by atoms with E-state index >= 15 is 0 Å². The minimum Gasteiger partial charge on any atom is -0.300 e. The molecule has 0 spiro atoms. The summed E-state index contributed by atoms with van der Waals surface area (Å²) in [6, 6.07) is 0.965. The Morgan fingerprint density at radius 2 is 1.67 bits per heavy atom. The predicted octanol–water partition coefficient (Wildman–Crippen LogP) is 3.01. The fraction of sp³-hybridized carbons (Fsp3) is 1.00. The fourth-order valence-corrected chi connectivity index (χ4v) is 5.00. The Morgan fingerprint density at radius 1 is 0.867 bits per heavy atom. The van der Waals surface area contributed by atoms with Crippen molar-refractivity contribution in [1.82, 2.24) is 4.90 Å². The average molecular weight is 207 g/mol. The van der Waals surface area contributed by atoms with Gasteiger partial charge in [-0.05, 0) is 48.9 Å². The van der Waals surface area contributed by atoms with E-state index in [9.17, 15) is 0 Å². The third-order valence-electron chi connectivity index (χ3n) is 5.25. The third-order valence-corrected chi connectivity index (χ3v) is 5.25. The van der Waals surface area contributed by atoms with Gasteiger partial charge in [0.05, 0.1) is 0 Å². The van der Waals surface area contributed by atoms with E-state index in [0.717, 1.165) is 35.6 Å². The highest BCUT2D eigenvalue weighted by Gasteiger charge is 2.49. The lowest BCUT2D eigenvalue weighted by molar-refractivity contribution is 0.137. The van der Waals surface area contributed by atoms with Crippen molar-refractivity contribution in [2.24, 2.45) is 29.6 Å². The molecule has 0 amide bonds. The molecule has 0 bridgehead atoms. The second-order valence-corrected chi connectivity index (χ2v) is 6.75. The summed E-state index contributed by atoms with van der Waals surface area (Å²) in [6.07, 6.45) is 4.48. The van der Waals surface area contributed by atoms with Crippen LogP contribution in [0.5, 0.6) is 0 Å². The zero-order valence-corrected chi connectivity index (χ0v) is 10.4. The van der Waals surface area contributed by atoms with Gasteiger partial charge < -0.3 is 0 Å². The molecule has 3 rings (SSSR count). The van der Waals surface area contributed by atoms with Crippen molar-refractivity contribution in [1.29, 1.82) is 0 Å². The SMILES string of the molecule is CC1CC(C)C2C(C1)CN1CC(C)CC21. The molecule has 0 N–H and O–H groups in total. The summed E-state index contributed by atoms with van der Waals surface area (Å²) in [7, 11) is 0. The van der Waals surface area contributed by atoms with Crippen LogP contribution < -0.4 is 0 Å². The highest BCUT2D eigenvalue weighted by molar-refractivity contribution is 5.02. The summed E-state index contributed by atoms with van der Waals surface area (Å²) in [4.78, 5) is 2.81. The number of fused-ring (bicyclic) bond motifs is 3. The molecule has 0 aromatic heterocycles. The van der Waals surface area contributed by atoms with E-state index in [-0.39, 0.29) is 0 Å². The van der Waals surface area contributed by atoms with Crippen LogP contribution in [0.1, 0.15) is 40.0 Å². The molecule has 2 aliphatic heterocycles. The molecular weight excluding hydrogens is 182 g/mol. The summed E-state index contributed by atoms with van der Waals surface area (Å²) < 4.78 is 0. The third kappa shape index (κ3) is 1.54. The lowest BCUT2D eigenvalue weighted by atomic mass is 9.67. The van der Waals surface area contributed by atoms with Gasteiger partial charge in [-0.3, -0.25) is 4.90 Å². The van der Waals surface area contributed by atoms with Gasteiger partial charge in [0.2, 0.25) is 0 Å². The summed E-state index contributed by atoms with van der Waals surface area (Å²) in [5, 5.41) is 0. The van der Waals surface area contributed by atoms with Crippen molar-refractivity contribution in [3.05, 3.63) is 0 Å². The van der Waals surface area contributed by atoms with E-state index in [1.54, 1.807) is 0 Å². The van der Waals surface area contributed by atoms with Gasteiger partial charge in [0.25, 0.3) is 0 Å². The lowest BCUT2D eigenvalue weighted by Gasteiger charge is -2.37. The van der Waals surface area contributed by atoms with E-state index in [4.69, 9.17) is 0 Å². The molecule has 2 saturated heterocycles. The maximum absolute atomic E-state index is 2.81. The molecule has 6 unspecified atom stereocenters. The molecule has 3 fully saturated rings. The van der Waals surface area contributed by atoms with Crippen molar-refractivity contribution >= 4 is 0 Å². The van der Waals surface area contributed by atoms with Gasteiger partial charge >= 0.3 is 0 Å². The minimum atomic E-state index is 0.961. The molecule has 1 aliphatic carbocycles. The van der Waals surface area contributed by atoms with E-state index in [2.05, 4.69) is 25.7 Å². The van der Waals surface area contributed by atoms with Crippen molar-refractivity contribution in [2.45, 2.75) is 46.1 Å². The molecular formula is C14H25N. The maximum atomic E-state index is 2.81. The first-order valence-corrected chi connectivity index (χ1v) is 6.89. The Labute approximate surface area is 94.2 Å². The lowest BCUT2D eigenvalue weighted by Crippen LogP contribution is -2.34. The topological polar surface area (TPSA) is 3.24 Å². The van der Waals surface area contributed by atoms with Gasteiger partial charge in [0.15, 0.2) is 0 Å². The molecule has 1 saturated carbocycles. The van der Waals surface area contributed by atoms with Crippen molar-refractivity contribution in [2.75, 3.05) is 13.1 Å². The summed E-state index contributed by atoms with van der Waals surface area (Å²) >= 11 is 0. The van der Waals surface area contributed by atoms with Crippen molar-refractivity contribution < 1.29 is 0 Å². The second kappa shape index (κ2) is 3.48. The average Bonchev–Trinajstić information content (AvgIpc) is 2.58. The number of nitrogens with zero attached hydrogens (tertiary/aromatic N) is 1. The van der Waals surface area contributed by atoms with Gasteiger partial charge in [0, 0.05) is 19.1 Å². The van der Waals surface area contributed by atoms with Crippen LogP contribution in [0.2, 0.25) is 0 Å². The Balaban J connectivity index is 1.79. The highest BCUT2D eigenvalue weighted by atomic mass is 15.2. The fourth-order valence-electron chi connectivity index (χ4n) is 5.00. The Hall–Kier alpha value is -0.0400. The Morgan fingerprint density at radius 3 is 2.47 bits per heavy atom. The second-order valence-electron chi connectivity index (χ2n) is 6.75. The molecule has 0 aromatic rings. The van der Waals surface area contributed by atoms with Crippen LogP contribution in [0.3, 0.4) is 0 Å². The van der Waals surface area contributed by atoms with Crippen LogP contribution in [0, 0.1) is 29.6 Å². The molecule has 15 heavy (non-hydrogen) atoms. The first-order valence-electron chi connectivity index (χ1n) is 6.89. The van der Waals surface area contributed by atoms with E-state index in [1.165, 1.54) is 32.4 Å². The van der Waals surface area contributed by atoms with Crippen LogP contribution in [-0.4, -0.2) is 24.0 Å². The van der Waals surface area contributed by atoms with Crippen molar-refractivity contribution in [3.63, 3.8) is 0 Å². The standard InChI is InChI=1S/C14H25N/c1-9-4-11(3)14-12(5-9)8-15-7-10(2)6-13(14)15/h9-14H,4-8H2,1-3H3. The molecule has 3 aliphatic rings. The smallest absolute Gasteiger partial charge is 0.0132 e. The number of hydrogen-bond donors (Lipinski definition) is 0. The number of rotatable bonds is 0. The monoisotopic (exact) mass is 207 g/mol. The van der Waals surface area contributed by atoms with Gasteiger partial charge in [-0.15, -0.1) is 0 Å². The summed E-state index contributed by atoms with van der Waals surface area (Å²) in [5.41, 5.74) is 0. The molecule has 1 heteroatoms. The van der Waals surface area contributed by atoms with Crippen LogP contribution >= 0.6 is 0 Å². The van der Waals surface area contributed by atoms with Crippen LogP contribution in [0.25, 0.3) is 0 Å². The van der Waals surface area contributed by atoms with Gasteiger partial charge in [-0.2, -0.15) is 0 Å². The molecule has 0 radical (unpaired) electrons. The molecule has 1 nitrogen and oxygen atoms in total. The van der Waals surface area contributed by atoms with E-state index in [0.29, 0.717) is 0 Å². The summed E-state index contributed by atoms with van der Waals surface area (Å²) in [5.74, 6) is 5.02. The normalized spacial score (nSPS) is 55.4. The van der Waals surface area contributed by atoms with Crippen molar-refractivity contribution in [3.8, 4) is 0 Å². The number of hydrogen-bond acceptors (Lipinski definition) is 1. The molecule has 0 aromatic carbocycles. The minimum absolute atomic E-state index is 0.961. The van der Waals surface area contributed by atoms with Gasteiger partial charge in [0.1, 0.15) is 0 Å². The largest absolute Gasteiger partial charge is 0.300 e. The van der Waals surface area contributed by atoms with E-state index < -0.39 is 0 Å². The maximum Gasteiger partial charge on any atom is 0.0132 e. The van der Waals surface area contributed by atoms with Gasteiger partial charge in [-0.25, -0.2) is 0 Å². The first-order chi connectivity index (χ1) is 7.15. The Bertz CT molecular complexity index is 250. The molecule has 2 heterocycles. The first kappa shape index (κ1) is 10.1. The predicted molar refractivity (Wildman–Crippen MR) is 63.7 cm³/mol. The Kier molecular flexibility index (Phi) is 2.35. The highest BCUT2D eigenvalue weighted by Crippen LogP contribution is 2.49. The molecule has 6 atom stereocenters. The van der Waals surface area contributed by atoms with Crippen LogP contribution in [-0.2, 0) is 0 Å². The molecule has 86 valence electrons. The zero-order chi connectivity index (χ0) is 10.6. The van der Waals surface area contributed by atoms with Gasteiger partial charge in [-0.1, -0.05) is 20.8 Å². The summed E-state index contributed by atoms with van der Waals surface area (Å²) in [6.45, 7) is 10.2. The van der Waals surface area contributed by atoms with E-state index in [1.807, 2.05) is 0 Å².